The highest BCUT2D eigenvalue weighted by atomic mass is 35.5. The quantitative estimate of drug-likeness (QED) is 0.575. The van der Waals surface area contributed by atoms with E-state index in [-0.39, 0.29) is 61.9 Å². The average Bonchev–Trinajstić information content (AvgIpc) is 3.17. The molecule has 5 amide bonds. The van der Waals surface area contributed by atoms with Crippen LogP contribution < -0.4 is 4.90 Å². The van der Waals surface area contributed by atoms with Gasteiger partial charge >= 0.3 is 12.1 Å². The average molecular weight is 515 g/mol. The largest absolute Gasteiger partial charge is 0.419 e. The number of hydrogen-bond acceptors (Lipinski definition) is 8. The van der Waals surface area contributed by atoms with Crippen LogP contribution in [0.1, 0.15) is 22.4 Å². The summed E-state index contributed by atoms with van der Waals surface area (Å²) >= 11 is 5.93. The van der Waals surface area contributed by atoms with Crippen LogP contribution in [0.4, 0.5) is 15.4 Å². The van der Waals surface area contributed by atoms with Gasteiger partial charge in [-0.2, -0.15) is 0 Å². The van der Waals surface area contributed by atoms with Crippen LogP contribution in [0.2, 0.25) is 5.02 Å². The third kappa shape index (κ3) is 4.37. The number of nitrogens with zero attached hydrogens (tertiary/aromatic N) is 8. The SMILES string of the molecule is CN1CCN(C(=O)N2CCN(C(=O)O[C@H]3c4nccnc4C(=O)N3c3ccc(Cl)cn3)CC2)CC1=O. The Labute approximate surface area is 211 Å². The predicted molar refractivity (Wildman–Crippen MR) is 125 cm³/mol. The maximum atomic E-state index is 13.1. The summed E-state index contributed by atoms with van der Waals surface area (Å²) in [6.07, 6.45) is 2.38. The van der Waals surface area contributed by atoms with E-state index < -0.39 is 18.2 Å². The summed E-state index contributed by atoms with van der Waals surface area (Å²) in [6, 6.07) is 2.89. The van der Waals surface area contributed by atoms with E-state index in [1.165, 1.54) is 33.3 Å². The van der Waals surface area contributed by atoms with Gasteiger partial charge in [0.2, 0.25) is 12.1 Å². The van der Waals surface area contributed by atoms with Crippen molar-refractivity contribution in [3.05, 3.63) is 47.1 Å². The van der Waals surface area contributed by atoms with E-state index in [2.05, 4.69) is 15.0 Å². The summed E-state index contributed by atoms with van der Waals surface area (Å²) < 4.78 is 5.74. The number of ether oxygens (including phenoxy) is 1. The number of amides is 5. The first-order valence-corrected chi connectivity index (χ1v) is 11.7. The lowest BCUT2D eigenvalue weighted by Gasteiger charge is -2.39. The van der Waals surface area contributed by atoms with E-state index >= 15 is 0 Å². The first-order chi connectivity index (χ1) is 17.3. The molecule has 2 aromatic rings. The smallest absolute Gasteiger partial charge is 0.412 e. The van der Waals surface area contributed by atoms with Gasteiger partial charge in [-0.15, -0.1) is 0 Å². The molecule has 1 atom stereocenters. The minimum absolute atomic E-state index is 0.0440. The van der Waals surface area contributed by atoms with Crippen LogP contribution in [-0.2, 0) is 9.53 Å². The lowest BCUT2D eigenvalue weighted by molar-refractivity contribution is -0.133. The van der Waals surface area contributed by atoms with Crippen LogP contribution in [0.3, 0.4) is 0 Å². The Morgan fingerprint density at radius 1 is 0.944 bits per heavy atom. The lowest BCUT2D eigenvalue weighted by atomic mass is 10.3. The van der Waals surface area contributed by atoms with Gasteiger partial charge in [0, 0.05) is 64.9 Å². The molecule has 0 aliphatic carbocycles. The first-order valence-electron chi connectivity index (χ1n) is 11.3. The minimum atomic E-state index is -1.15. The van der Waals surface area contributed by atoms with Crippen LogP contribution in [0.25, 0.3) is 0 Å². The van der Waals surface area contributed by atoms with E-state index in [0.29, 0.717) is 18.1 Å². The van der Waals surface area contributed by atoms with Crippen molar-refractivity contribution in [3.8, 4) is 0 Å². The normalized spacial score (nSPS) is 20.1. The standard InChI is InChI=1S/C22H23ClN8O5/c1-27-6-7-30(13-16(27)32)21(34)28-8-10-29(11-9-28)22(35)36-20-18-17(24-4-5-25-18)19(33)31(20)15-3-2-14(23)12-26-15/h2-5,12,20H,6-11,13H2,1H3/t20-/m0/s1. The van der Waals surface area contributed by atoms with Crippen LogP contribution >= 0.6 is 11.6 Å². The molecule has 36 heavy (non-hydrogen) atoms. The van der Waals surface area contributed by atoms with Crippen molar-refractivity contribution in [2.75, 3.05) is 57.8 Å². The number of halogens is 1. The highest BCUT2D eigenvalue weighted by Gasteiger charge is 2.44. The topological polar surface area (TPSA) is 132 Å². The van der Waals surface area contributed by atoms with E-state index in [4.69, 9.17) is 16.3 Å². The molecule has 2 fully saturated rings. The second-order valence-corrected chi connectivity index (χ2v) is 8.97. The molecule has 13 nitrogen and oxygen atoms in total. The fourth-order valence-corrected chi connectivity index (χ4v) is 4.36. The van der Waals surface area contributed by atoms with Gasteiger partial charge < -0.3 is 24.3 Å². The van der Waals surface area contributed by atoms with Gasteiger partial charge in [0.25, 0.3) is 5.91 Å². The summed E-state index contributed by atoms with van der Waals surface area (Å²) in [5, 5.41) is 0.390. The van der Waals surface area contributed by atoms with E-state index in [1.807, 2.05) is 0 Å². The third-order valence-corrected chi connectivity index (χ3v) is 6.55. The maximum absolute atomic E-state index is 13.1. The molecule has 2 aromatic heterocycles. The summed E-state index contributed by atoms with van der Waals surface area (Å²) in [5.41, 5.74) is 0.283. The molecule has 188 valence electrons. The molecule has 0 bridgehead atoms. The zero-order valence-electron chi connectivity index (χ0n) is 19.4. The number of aromatic nitrogens is 3. The van der Waals surface area contributed by atoms with Gasteiger partial charge in [-0.1, -0.05) is 11.6 Å². The minimum Gasteiger partial charge on any atom is -0.419 e. The van der Waals surface area contributed by atoms with Crippen LogP contribution in [0.15, 0.2) is 30.7 Å². The van der Waals surface area contributed by atoms with E-state index in [0.717, 1.165) is 0 Å². The lowest BCUT2D eigenvalue weighted by Crippen LogP contribution is -2.58. The zero-order chi connectivity index (χ0) is 25.4. The predicted octanol–water partition coefficient (Wildman–Crippen LogP) is 0.832. The Morgan fingerprint density at radius 2 is 1.64 bits per heavy atom. The Balaban J connectivity index is 1.25. The Hall–Kier alpha value is -4.00. The molecule has 5 heterocycles. The maximum Gasteiger partial charge on any atom is 0.412 e. The zero-order valence-corrected chi connectivity index (χ0v) is 20.2. The Kier molecular flexibility index (Phi) is 6.31. The van der Waals surface area contributed by atoms with Gasteiger partial charge in [-0.05, 0) is 12.1 Å². The monoisotopic (exact) mass is 514 g/mol. The number of carbonyl (C=O) groups is 4. The van der Waals surface area contributed by atoms with Crippen molar-refractivity contribution in [3.63, 3.8) is 0 Å². The highest BCUT2D eigenvalue weighted by Crippen LogP contribution is 2.35. The highest BCUT2D eigenvalue weighted by molar-refractivity contribution is 6.30. The molecule has 0 radical (unpaired) electrons. The molecule has 14 heteroatoms. The van der Waals surface area contributed by atoms with Gasteiger partial charge in [0.05, 0.1) is 5.02 Å². The number of urea groups is 1. The van der Waals surface area contributed by atoms with Gasteiger partial charge in [-0.25, -0.2) is 24.5 Å². The number of anilines is 1. The van der Waals surface area contributed by atoms with Crippen molar-refractivity contribution in [2.24, 2.45) is 0 Å². The Bertz CT molecular complexity index is 1200. The van der Waals surface area contributed by atoms with Crippen molar-refractivity contribution in [1.82, 2.24) is 34.6 Å². The molecule has 2 saturated heterocycles. The van der Waals surface area contributed by atoms with Gasteiger partial charge in [0.15, 0.2) is 5.69 Å². The molecule has 0 N–H and O–H groups in total. The number of pyridine rings is 1. The van der Waals surface area contributed by atoms with Crippen molar-refractivity contribution in [2.45, 2.75) is 6.23 Å². The van der Waals surface area contributed by atoms with E-state index in [9.17, 15) is 19.2 Å². The second-order valence-electron chi connectivity index (χ2n) is 8.53. The Morgan fingerprint density at radius 3 is 2.33 bits per heavy atom. The van der Waals surface area contributed by atoms with Crippen LogP contribution in [-0.4, -0.2) is 111 Å². The van der Waals surface area contributed by atoms with Crippen molar-refractivity contribution >= 4 is 41.4 Å². The number of carbonyl (C=O) groups excluding carboxylic acids is 4. The molecular formula is C22H23ClN8O5. The fraction of sp³-hybridized carbons (Fsp3) is 0.409. The summed E-state index contributed by atoms with van der Waals surface area (Å²) in [7, 11) is 1.71. The van der Waals surface area contributed by atoms with Crippen molar-refractivity contribution in [1.29, 1.82) is 0 Å². The van der Waals surface area contributed by atoms with Gasteiger partial charge in [0.1, 0.15) is 18.1 Å². The molecule has 0 unspecified atom stereocenters. The third-order valence-electron chi connectivity index (χ3n) is 6.32. The summed E-state index contributed by atoms with van der Waals surface area (Å²) in [5.74, 6) is -0.368. The van der Waals surface area contributed by atoms with Crippen molar-refractivity contribution < 1.29 is 23.9 Å². The van der Waals surface area contributed by atoms with E-state index in [1.54, 1.807) is 29.0 Å². The number of piperazine rings is 2. The molecule has 3 aliphatic heterocycles. The van der Waals surface area contributed by atoms with Crippen LogP contribution in [0, 0.1) is 0 Å². The second kappa shape index (κ2) is 9.57. The fourth-order valence-electron chi connectivity index (χ4n) is 4.25. The number of rotatable bonds is 2. The molecule has 0 spiro atoms. The number of hydrogen-bond donors (Lipinski definition) is 0. The molecule has 3 aliphatic rings. The molecule has 0 saturated carbocycles. The van der Waals surface area contributed by atoms with Gasteiger partial charge in [-0.3, -0.25) is 14.6 Å². The van der Waals surface area contributed by atoms with Crippen LogP contribution in [0.5, 0.6) is 0 Å². The summed E-state index contributed by atoms with van der Waals surface area (Å²) in [4.78, 5) is 70.8. The summed E-state index contributed by atoms with van der Waals surface area (Å²) in [6.45, 7) is 2.05. The number of likely N-dealkylation sites (N-methyl/N-ethyl adjacent to an activating group) is 1. The first kappa shape index (κ1) is 23.7. The molecule has 0 aromatic carbocycles. The molecule has 5 rings (SSSR count). The number of fused-ring (bicyclic) bond motifs is 1. The molecular weight excluding hydrogens is 492 g/mol.